The van der Waals surface area contributed by atoms with Crippen LogP contribution in [0.4, 0.5) is 0 Å². The zero-order valence-electron chi connectivity index (χ0n) is 11.4. The monoisotopic (exact) mass is 288 g/mol. The van der Waals surface area contributed by atoms with Crippen molar-refractivity contribution in [3.05, 3.63) is 16.4 Å². The minimum atomic E-state index is -1.03. The predicted octanol–water partition coefficient (Wildman–Crippen LogP) is 1.14. The molecule has 0 bridgehead atoms. The van der Waals surface area contributed by atoms with E-state index in [2.05, 4.69) is 14.6 Å². The number of aromatic nitrogens is 2. The van der Waals surface area contributed by atoms with E-state index in [9.17, 15) is 9.59 Å². The molecule has 0 spiro atoms. The van der Waals surface area contributed by atoms with Gasteiger partial charge in [-0.2, -0.15) is 5.10 Å². The Labute approximate surface area is 116 Å². The van der Waals surface area contributed by atoms with Gasteiger partial charge in [0.15, 0.2) is 5.92 Å². The van der Waals surface area contributed by atoms with Gasteiger partial charge in [-0.3, -0.25) is 14.3 Å². The highest BCUT2D eigenvalue weighted by molar-refractivity contribution is 6.32. The summed E-state index contributed by atoms with van der Waals surface area (Å²) in [6, 6.07) is 0. The number of carbonyl (C=O) groups excluding carboxylic acids is 2. The summed E-state index contributed by atoms with van der Waals surface area (Å²) in [5.41, 5.74) is 1.34. The van der Waals surface area contributed by atoms with Crippen LogP contribution in [0.15, 0.2) is 0 Å². The van der Waals surface area contributed by atoms with Gasteiger partial charge in [0.1, 0.15) is 0 Å². The number of carbonyl (C=O) groups is 2. The second kappa shape index (κ2) is 6.56. The van der Waals surface area contributed by atoms with Gasteiger partial charge in [-0.05, 0) is 6.42 Å². The van der Waals surface area contributed by atoms with Gasteiger partial charge in [0.05, 0.1) is 30.6 Å². The first-order valence-corrected chi connectivity index (χ1v) is 6.19. The highest BCUT2D eigenvalue weighted by atomic mass is 35.5. The Kier molecular flexibility index (Phi) is 5.35. The molecule has 1 aromatic rings. The van der Waals surface area contributed by atoms with Gasteiger partial charge >= 0.3 is 11.9 Å². The Morgan fingerprint density at radius 2 is 1.84 bits per heavy atom. The number of aryl methyl sites for hydroxylation is 2. The third kappa shape index (κ3) is 3.26. The molecule has 0 radical (unpaired) electrons. The summed E-state index contributed by atoms with van der Waals surface area (Å²) in [4.78, 5) is 23.2. The number of hydrogen-bond donors (Lipinski definition) is 0. The number of methoxy groups -OCH3 is 2. The fourth-order valence-corrected chi connectivity index (χ4v) is 2.15. The lowest BCUT2D eigenvalue weighted by molar-refractivity contribution is -0.158. The fourth-order valence-electron chi connectivity index (χ4n) is 1.78. The molecule has 0 saturated heterocycles. The number of rotatable bonds is 5. The summed E-state index contributed by atoms with van der Waals surface area (Å²) in [5.74, 6) is -2.34. The Morgan fingerprint density at radius 1 is 1.32 bits per heavy atom. The molecule has 1 heterocycles. The predicted molar refractivity (Wildman–Crippen MR) is 68.8 cm³/mol. The van der Waals surface area contributed by atoms with Gasteiger partial charge in [0.25, 0.3) is 0 Å². The first kappa shape index (κ1) is 15.5. The van der Waals surface area contributed by atoms with Crippen LogP contribution in [0.3, 0.4) is 0 Å². The van der Waals surface area contributed by atoms with E-state index in [0.29, 0.717) is 17.1 Å². The summed E-state index contributed by atoms with van der Waals surface area (Å²) in [7, 11) is 4.16. The van der Waals surface area contributed by atoms with Crippen LogP contribution in [0.25, 0.3) is 0 Å². The second-order valence-corrected chi connectivity index (χ2v) is 4.37. The van der Waals surface area contributed by atoms with Gasteiger partial charge in [0.2, 0.25) is 0 Å². The van der Waals surface area contributed by atoms with Crippen molar-refractivity contribution in [3.63, 3.8) is 0 Å². The maximum absolute atomic E-state index is 11.6. The Bertz CT molecular complexity index is 468. The van der Waals surface area contributed by atoms with Crippen LogP contribution in [0.5, 0.6) is 0 Å². The lowest BCUT2D eigenvalue weighted by atomic mass is 10.0. The van der Waals surface area contributed by atoms with Crippen LogP contribution in [-0.2, 0) is 39.0 Å². The summed E-state index contributed by atoms with van der Waals surface area (Å²) in [5, 5.41) is 4.71. The van der Waals surface area contributed by atoms with Gasteiger partial charge in [0, 0.05) is 13.5 Å². The van der Waals surface area contributed by atoms with E-state index in [1.807, 2.05) is 6.92 Å². The summed E-state index contributed by atoms with van der Waals surface area (Å²) in [6.45, 7) is 1.93. The molecule has 0 amide bonds. The third-order valence-electron chi connectivity index (χ3n) is 2.87. The molecular formula is C12H17ClN2O4. The smallest absolute Gasteiger partial charge is 0.320 e. The molecule has 0 unspecified atom stereocenters. The van der Waals surface area contributed by atoms with E-state index in [1.165, 1.54) is 14.2 Å². The number of nitrogens with zero attached hydrogens (tertiary/aromatic N) is 2. The maximum Gasteiger partial charge on any atom is 0.320 e. The summed E-state index contributed by atoms with van der Waals surface area (Å²) >= 11 is 6.18. The third-order valence-corrected chi connectivity index (χ3v) is 3.31. The van der Waals surface area contributed by atoms with E-state index in [4.69, 9.17) is 11.6 Å². The van der Waals surface area contributed by atoms with Crippen LogP contribution >= 0.6 is 11.6 Å². The number of hydrogen-bond acceptors (Lipinski definition) is 5. The van der Waals surface area contributed by atoms with E-state index in [1.54, 1.807) is 11.7 Å². The van der Waals surface area contributed by atoms with E-state index < -0.39 is 17.9 Å². The van der Waals surface area contributed by atoms with Crippen LogP contribution in [-0.4, -0.2) is 35.9 Å². The molecule has 0 saturated carbocycles. The molecular weight excluding hydrogens is 272 g/mol. The standard InChI is InChI=1S/C12H17ClN2O4/c1-5-8-10(13)9(15(2)14-8)6-7(11(16)18-3)12(17)19-4/h7H,5-6H2,1-4H3. The molecule has 0 aromatic carbocycles. The molecule has 0 aliphatic rings. The van der Waals surface area contributed by atoms with E-state index in [-0.39, 0.29) is 6.42 Å². The Morgan fingerprint density at radius 3 is 2.21 bits per heavy atom. The summed E-state index contributed by atoms with van der Waals surface area (Å²) < 4.78 is 10.8. The van der Waals surface area contributed by atoms with Crippen molar-refractivity contribution < 1.29 is 19.1 Å². The lowest BCUT2D eigenvalue weighted by Gasteiger charge is -2.12. The minimum absolute atomic E-state index is 0.0989. The van der Waals surface area contributed by atoms with E-state index in [0.717, 1.165) is 5.69 Å². The van der Waals surface area contributed by atoms with Gasteiger partial charge in [-0.1, -0.05) is 18.5 Å². The lowest BCUT2D eigenvalue weighted by Crippen LogP contribution is -2.29. The molecule has 7 heteroatoms. The molecule has 0 N–H and O–H groups in total. The van der Waals surface area contributed by atoms with Crippen molar-refractivity contribution in [2.75, 3.05) is 14.2 Å². The maximum atomic E-state index is 11.6. The number of ether oxygens (including phenoxy) is 2. The van der Waals surface area contributed by atoms with Crippen molar-refractivity contribution in [1.82, 2.24) is 9.78 Å². The first-order chi connectivity index (χ1) is 8.96. The molecule has 106 valence electrons. The summed E-state index contributed by atoms with van der Waals surface area (Å²) in [6.07, 6.45) is 0.773. The van der Waals surface area contributed by atoms with Gasteiger partial charge in [-0.15, -0.1) is 0 Å². The highest BCUT2D eigenvalue weighted by Crippen LogP contribution is 2.24. The highest BCUT2D eigenvalue weighted by Gasteiger charge is 2.31. The van der Waals surface area contributed by atoms with Crippen molar-refractivity contribution in [1.29, 1.82) is 0 Å². The number of halogens is 1. The first-order valence-electron chi connectivity index (χ1n) is 5.82. The van der Waals surface area contributed by atoms with E-state index >= 15 is 0 Å². The van der Waals surface area contributed by atoms with Crippen molar-refractivity contribution >= 4 is 23.5 Å². The largest absolute Gasteiger partial charge is 0.468 e. The van der Waals surface area contributed by atoms with Crippen LogP contribution in [0.1, 0.15) is 18.3 Å². The molecule has 19 heavy (non-hydrogen) atoms. The molecule has 1 aromatic heterocycles. The van der Waals surface area contributed by atoms with Crippen LogP contribution in [0.2, 0.25) is 5.02 Å². The quantitative estimate of drug-likeness (QED) is 0.600. The van der Waals surface area contributed by atoms with Gasteiger partial charge < -0.3 is 9.47 Å². The fraction of sp³-hybridized carbons (Fsp3) is 0.583. The topological polar surface area (TPSA) is 70.4 Å². The molecule has 0 atom stereocenters. The normalized spacial score (nSPS) is 10.6. The molecule has 6 nitrogen and oxygen atoms in total. The molecule has 0 aliphatic heterocycles. The number of esters is 2. The van der Waals surface area contributed by atoms with Crippen molar-refractivity contribution in [2.24, 2.45) is 13.0 Å². The zero-order valence-corrected chi connectivity index (χ0v) is 12.2. The zero-order chi connectivity index (χ0) is 14.6. The SMILES string of the molecule is CCc1nn(C)c(CC(C(=O)OC)C(=O)OC)c1Cl. The Balaban J connectivity index is 3.06. The van der Waals surface area contributed by atoms with Crippen molar-refractivity contribution in [2.45, 2.75) is 19.8 Å². The average molecular weight is 289 g/mol. The Hall–Kier alpha value is -1.56. The molecule has 0 fully saturated rings. The second-order valence-electron chi connectivity index (χ2n) is 3.99. The average Bonchev–Trinajstić information content (AvgIpc) is 2.69. The minimum Gasteiger partial charge on any atom is -0.468 e. The van der Waals surface area contributed by atoms with Gasteiger partial charge in [-0.25, -0.2) is 0 Å². The van der Waals surface area contributed by atoms with Crippen LogP contribution < -0.4 is 0 Å². The molecule has 1 rings (SSSR count). The van der Waals surface area contributed by atoms with Crippen LogP contribution in [0, 0.1) is 5.92 Å². The van der Waals surface area contributed by atoms with Crippen molar-refractivity contribution in [3.8, 4) is 0 Å². The molecule has 0 aliphatic carbocycles.